The zero-order valence-electron chi connectivity index (χ0n) is 14.3. The van der Waals surface area contributed by atoms with E-state index in [1.54, 1.807) is 13.8 Å². The first-order chi connectivity index (χ1) is 12.1. The number of carbonyl (C=O) groups excluding carboxylic acids is 1. The first-order valence-corrected chi connectivity index (χ1v) is 8.52. The predicted octanol–water partition coefficient (Wildman–Crippen LogP) is 3.34. The number of aryl methyl sites for hydroxylation is 2. The molecule has 7 heteroatoms. The van der Waals surface area contributed by atoms with Gasteiger partial charge in [0, 0.05) is 0 Å². The predicted molar refractivity (Wildman–Crippen MR) is 91.0 cm³/mol. The van der Waals surface area contributed by atoms with Crippen molar-refractivity contribution in [2.75, 3.05) is 18.5 Å². The highest BCUT2D eigenvalue weighted by molar-refractivity contribution is 5.90. The maximum absolute atomic E-state index is 12.5. The fourth-order valence-electron chi connectivity index (χ4n) is 3.11. The fourth-order valence-corrected chi connectivity index (χ4v) is 3.11. The Kier molecular flexibility index (Phi) is 3.99. The molecule has 1 aliphatic carbocycles. The molecule has 2 heterocycles. The third-order valence-corrected chi connectivity index (χ3v) is 4.58. The van der Waals surface area contributed by atoms with Crippen LogP contribution in [0.4, 0.5) is 10.5 Å². The molecule has 0 spiro atoms. The number of rotatable bonds is 4. The maximum atomic E-state index is 12.5. The van der Waals surface area contributed by atoms with Crippen molar-refractivity contribution in [3.05, 3.63) is 35.2 Å². The smallest absolute Gasteiger partial charge is 0.319 e. The lowest BCUT2D eigenvalue weighted by atomic mass is 10.0. The molecule has 0 bridgehead atoms. The van der Waals surface area contributed by atoms with Crippen molar-refractivity contribution < 1.29 is 18.8 Å². The van der Waals surface area contributed by atoms with Crippen LogP contribution in [-0.4, -0.2) is 24.4 Å². The number of nitrogens with one attached hydrogen (secondary N) is 2. The molecule has 1 aromatic carbocycles. The summed E-state index contributed by atoms with van der Waals surface area (Å²) in [5, 5.41) is 9.77. The zero-order chi connectivity index (χ0) is 17.4. The monoisotopic (exact) mass is 343 g/mol. The number of hydrogen-bond donors (Lipinski definition) is 2. The van der Waals surface area contributed by atoms with Gasteiger partial charge in [-0.2, -0.15) is 0 Å². The molecule has 1 aromatic heterocycles. The molecule has 1 unspecified atom stereocenters. The number of carbonyl (C=O) groups is 1. The Labute approximate surface area is 145 Å². The second kappa shape index (κ2) is 6.31. The summed E-state index contributed by atoms with van der Waals surface area (Å²) in [7, 11) is 0. The molecule has 2 N–H and O–H groups in total. The third-order valence-electron chi connectivity index (χ3n) is 4.58. The summed E-state index contributed by atoms with van der Waals surface area (Å²) in [6, 6.07) is 5.55. The molecule has 2 aromatic rings. The molecule has 1 atom stereocenters. The van der Waals surface area contributed by atoms with Crippen molar-refractivity contribution in [2.45, 2.75) is 32.7 Å². The van der Waals surface area contributed by atoms with E-state index < -0.39 is 0 Å². The number of ether oxygens (including phenoxy) is 2. The van der Waals surface area contributed by atoms with Crippen molar-refractivity contribution in [2.24, 2.45) is 5.92 Å². The largest absolute Gasteiger partial charge is 0.486 e. The van der Waals surface area contributed by atoms with Crippen molar-refractivity contribution in [1.29, 1.82) is 0 Å². The summed E-state index contributed by atoms with van der Waals surface area (Å²) >= 11 is 0. The highest BCUT2D eigenvalue weighted by Gasteiger charge is 2.34. The number of fused-ring (bicyclic) bond motifs is 1. The van der Waals surface area contributed by atoms with E-state index in [0.29, 0.717) is 36.3 Å². The van der Waals surface area contributed by atoms with E-state index in [0.717, 1.165) is 29.9 Å². The Morgan fingerprint density at radius 3 is 2.64 bits per heavy atom. The molecule has 4 rings (SSSR count). The average Bonchev–Trinajstić information content (AvgIpc) is 3.41. The van der Waals surface area contributed by atoms with Crippen LogP contribution in [0.25, 0.3) is 0 Å². The molecule has 1 saturated carbocycles. The Morgan fingerprint density at radius 2 is 1.96 bits per heavy atom. The van der Waals surface area contributed by atoms with Gasteiger partial charge in [0.15, 0.2) is 17.3 Å². The lowest BCUT2D eigenvalue weighted by Gasteiger charge is -2.23. The number of benzene rings is 1. The number of amides is 2. The molecule has 2 aliphatic rings. The summed E-state index contributed by atoms with van der Waals surface area (Å²) in [4.78, 5) is 12.5. The van der Waals surface area contributed by atoms with Crippen LogP contribution in [0.1, 0.15) is 35.9 Å². The minimum atomic E-state index is -0.263. The number of urea groups is 1. The summed E-state index contributed by atoms with van der Waals surface area (Å²) in [5.74, 6) is 2.53. The molecule has 2 amide bonds. The summed E-state index contributed by atoms with van der Waals surface area (Å²) < 4.78 is 16.3. The molecule has 0 saturated heterocycles. The second-order valence-corrected chi connectivity index (χ2v) is 6.52. The van der Waals surface area contributed by atoms with Gasteiger partial charge >= 0.3 is 6.03 Å². The van der Waals surface area contributed by atoms with Gasteiger partial charge < -0.3 is 24.6 Å². The normalized spacial score (nSPS) is 17.0. The molecule has 7 nitrogen and oxygen atoms in total. The third kappa shape index (κ3) is 3.26. The zero-order valence-corrected chi connectivity index (χ0v) is 14.3. The van der Waals surface area contributed by atoms with Gasteiger partial charge in [-0.05, 0) is 50.3 Å². The molecular weight excluding hydrogens is 322 g/mol. The molecule has 0 radical (unpaired) electrons. The fraction of sp³-hybridized carbons (Fsp3) is 0.444. The SMILES string of the molecule is Cc1noc(C)c1NC(=O)NC(c1ccc2c(c1)OCCO2)C1CC1. The van der Waals surface area contributed by atoms with Gasteiger partial charge in [0.2, 0.25) is 0 Å². The van der Waals surface area contributed by atoms with Gasteiger partial charge in [0.05, 0.1) is 6.04 Å². The minimum Gasteiger partial charge on any atom is -0.486 e. The second-order valence-electron chi connectivity index (χ2n) is 6.52. The summed E-state index contributed by atoms with van der Waals surface area (Å²) in [6.07, 6.45) is 2.20. The molecule has 132 valence electrons. The van der Waals surface area contributed by atoms with Crippen LogP contribution >= 0.6 is 0 Å². The van der Waals surface area contributed by atoms with Crippen LogP contribution in [0.3, 0.4) is 0 Å². The Bertz CT molecular complexity index is 778. The van der Waals surface area contributed by atoms with E-state index >= 15 is 0 Å². The Hall–Kier alpha value is -2.70. The van der Waals surface area contributed by atoms with Gasteiger partial charge in [0.1, 0.15) is 24.6 Å². The standard InChI is InChI=1S/C18H21N3O4/c1-10-16(11(2)25-21-10)19-18(22)20-17(12-3-4-12)13-5-6-14-15(9-13)24-8-7-23-14/h5-6,9,12,17H,3-4,7-8H2,1-2H3,(H2,19,20,22). The average molecular weight is 343 g/mol. The van der Waals surface area contributed by atoms with Crippen LogP contribution in [0.15, 0.2) is 22.7 Å². The highest BCUT2D eigenvalue weighted by Crippen LogP contribution is 2.43. The first kappa shape index (κ1) is 15.8. The summed E-state index contributed by atoms with van der Waals surface area (Å²) in [6.45, 7) is 4.68. The van der Waals surface area contributed by atoms with Crippen LogP contribution in [0, 0.1) is 19.8 Å². The van der Waals surface area contributed by atoms with E-state index in [9.17, 15) is 4.79 Å². The number of anilines is 1. The quantitative estimate of drug-likeness (QED) is 0.889. The highest BCUT2D eigenvalue weighted by atomic mass is 16.6. The van der Waals surface area contributed by atoms with E-state index in [2.05, 4.69) is 15.8 Å². The van der Waals surface area contributed by atoms with Crippen molar-refractivity contribution in [1.82, 2.24) is 10.5 Å². The van der Waals surface area contributed by atoms with Gasteiger partial charge in [-0.15, -0.1) is 0 Å². The van der Waals surface area contributed by atoms with E-state index in [1.807, 2.05) is 18.2 Å². The van der Waals surface area contributed by atoms with Gasteiger partial charge in [-0.25, -0.2) is 4.79 Å². The number of aromatic nitrogens is 1. The number of hydrogen-bond acceptors (Lipinski definition) is 5. The van der Waals surface area contributed by atoms with Crippen molar-refractivity contribution >= 4 is 11.7 Å². The van der Waals surface area contributed by atoms with E-state index in [-0.39, 0.29) is 12.1 Å². The lowest BCUT2D eigenvalue weighted by Crippen LogP contribution is -2.34. The van der Waals surface area contributed by atoms with Crippen LogP contribution in [0.2, 0.25) is 0 Å². The van der Waals surface area contributed by atoms with Gasteiger partial charge in [-0.3, -0.25) is 0 Å². The lowest BCUT2D eigenvalue weighted by molar-refractivity contribution is 0.171. The van der Waals surface area contributed by atoms with Gasteiger partial charge in [0.25, 0.3) is 0 Å². The van der Waals surface area contributed by atoms with Crippen LogP contribution in [0.5, 0.6) is 11.5 Å². The van der Waals surface area contributed by atoms with Crippen LogP contribution in [-0.2, 0) is 0 Å². The molecule has 1 fully saturated rings. The van der Waals surface area contributed by atoms with Crippen molar-refractivity contribution in [3.63, 3.8) is 0 Å². The minimum absolute atomic E-state index is 0.0590. The van der Waals surface area contributed by atoms with E-state index in [1.165, 1.54) is 0 Å². The Balaban J connectivity index is 1.51. The van der Waals surface area contributed by atoms with Crippen LogP contribution < -0.4 is 20.1 Å². The van der Waals surface area contributed by atoms with Gasteiger partial charge in [-0.1, -0.05) is 11.2 Å². The molecule has 25 heavy (non-hydrogen) atoms. The van der Waals surface area contributed by atoms with E-state index in [4.69, 9.17) is 14.0 Å². The summed E-state index contributed by atoms with van der Waals surface area (Å²) in [5.41, 5.74) is 2.31. The Morgan fingerprint density at radius 1 is 1.20 bits per heavy atom. The first-order valence-electron chi connectivity index (χ1n) is 8.52. The molecule has 1 aliphatic heterocycles. The maximum Gasteiger partial charge on any atom is 0.319 e. The topological polar surface area (TPSA) is 85.6 Å². The molecular formula is C18H21N3O4. The van der Waals surface area contributed by atoms with Crippen molar-refractivity contribution in [3.8, 4) is 11.5 Å². The number of nitrogens with zero attached hydrogens (tertiary/aromatic N) is 1.